The third-order valence-electron chi connectivity index (χ3n) is 6.20. The maximum absolute atomic E-state index is 12.8. The summed E-state index contributed by atoms with van der Waals surface area (Å²) < 4.78 is 1.27. The lowest BCUT2D eigenvalue weighted by molar-refractivity contribution is 0.0935. The van der Waals surface area contributed by atoms with Gasteiger partial charge >= 0.3 is 0 Å². The van der Waals surface area contributed by atoms with Crippen molar-refractivity contribution in [2.75, 3.05) is 63.8 Å². The summed E-state index contributed by atoms with van der Waals surface area (Å²) in [6, 6.07) is 0. The molecule has 2 aliphatic heterocycles. The molecule has 0 aromatic carbocycles. The topological polar surface area (TPSA) is 86.1 Å². The summed E-state index contributed by atoms with van der Waals surface area (Å²) in [5.41, 5.74) is -0.352. The van der Waals surface area contributed by atoms with Gasteiger partial charge in [-0.1, -0.05) is 25.2 Å². The van der Waals surface area contributed by atoms with Crippen molar-refractivity contribution in [1.29, 1.82) is 0 Å². The van der Waals surface area contributed by atoms with E-state index in [1.165, 1.54) is 22.0 Å². The Morgan fingerprint density at radius 2 is 1.87 bits per heavy atom. The second kappa shape index (κ2) is 9.40. The van der Waals surface area contributed by atoms with E-state index < -0.39 is 5.56 Å². The molecule has 1 N–H and O–H groups in total. The zero-order valence-corrected chi connectivity index (χ0v) is 18.7. The number of amides is 1. The van der Waals surface area contributed by atoms with E-state index in [4.69, 9.17) is 0 Å². The van der Waals surface area contributed by atoms with Crippen molar-refractivity contribution in [2.24, 2.45) is 5.92 Å². The Bertz CT molecular complexity index is 927. The number of rotatable bonds is 6. The molecule has 0 unspecified atom stereocenters. The fraction of sp³-hybridized carbons (Fsp3) is 0.700. The molecule has 0 radical (unpaired) electrons. The average Bonchev–Trinajstić information content (AvgIpc) is 3.20. The third kappa shape index (κ3) is 4.65. The predicted molar refractivity (Wildman–Crippen MR) is 119 cm³/mol. The van der Waals surface area contributed by atoms with Gasteiger partial charge in [0.25, 0.3) is 11.5 Å². The Hall–Kier alpha value is -2.04. The molecule has 4 heterocycles. The highest BCUT2D eigenvalue weighted by Crippen LogP contribution is 2.26. The number of anilines is 1. The Balaban J connectivity index is 1.37. The molecular formula is C20H31N7O2S. The van der Waals surface area contributed by atoms with E-state index in [1.54, 1.807) is 0 Å². The molecule has 1 amide bonds. The quantitative estimate of drug-likeness (QED) is 0.720. The molecule has 0 atom stereocenters. The van der Waals surface area contributed by atoms with Crippen molar-refractivity contribution in [3.63, 3.8) is 0 Å². The fourth-order valence-corrected chi connectivity index (χ4v) is 4.92. The van der Waals surface area contributed by atoms with Crippen molar-refractivity contribution in [2.45, 2.75) is 26.7 Å². The van der Waals surface area contributed by atoms with Crippen LogP contribution in [0.5, 0.6) is 0 Å². The number of fused-ring (bicyclic) bond motifs is 1. The van der Waals surface area contributed by atoms with Crippen LogP contribution >= 0.6 is 11.3 Å². The average molecular weight is 434 g/mol. The first-order valence-electron chi connectivity index (χ1n) is 10.9. The van der Waals surface area contributed by atoms with E-state index in [1.807, 2.05) is 0 Å². The molecule has 2 fully saturated rings. The largest absolute Gasteiger partial charge is 0.351 e. The van der Waals surface area contributed by atoms with Crippen LogP contribution in [0.3, 0.4) is 0 Å². The van der Waals surface area contributed by atoms with Crippen LogP contribution in [0.1, 0.15) is 37.0 Å². The van der Waals surface area contributed by atoms with Crippen LogP contribution in [-0.2, 0) is 0 Å². The molecule has 2 saturated heterocycles. The van der Waals surface area contributed by atoms with Crippen molar-refractivity contribution >= 4 is 27.3 Å². The summed E-state index contributed by atoms with van der Waals surface area (Å²) in [5, 5.41) is 8.14. The summed E-state index contributed by atoms with van der Waals surface area (Å²) in [5.74, 6) is 0.345. The Morgan fingerprint density at radius 1 is 1.17 bits per heavy atom. The number of hydrogen-bond donors (Lipinski definition) is 1. The van der Waals surface area contributed by atoms with Gasteiger partial charge in [0.1, 0.15) is 5.56 Å². The molecular weight excluding hydrogens is 402 g/mol. The highest BCUT2D eigenvalue weighted by Gasteiger charge is 2.22. The number of nitrogens with zero attached hydrogens (tertiary/aromatic N) is 6. The SMILES string of the molecule is CCN1CCN(CCNC(=O)c2cnc3sc(N4CCC(C)CC4)nn3c2=O)CC1. The molecule has 0 bridgehead atoms. The molecule has 4 rings (SSSR count). The Kier molecular flexibility index (Phi) is 6.64. The number of hydrogen-bond acceptors (Lipinski definition) is 8. The van der Waals surface area contributed by atoms with Crippen molar-refractivity contribution in [3.05, 3.63) is 22.1 Å². The van der Waals surface area contributed by atoms with E-state index in [-0.39, 0.29) is 11.5 Å². The van der Waals surface area contributed by atoms with Gasteiger partial charge in [-0.25, -0.2) is 4.98 Å². The van der Waals surface area contributed by atoms with E-state index in [2.05, 4.69) is 43.9 Å². The lowest BCUT2D eigenvalue weighted by Gasteiger charge is -2.33. The molecule has 2 aromatic rings. The Morgan fingerprint density at radius 3 is 2.57 bits per heavy atom. The molecule has 10 heteroatoms. The van der Waals surface area contributed by atoms with E-state index in [0.717, 1.165) is 76.2 Å². The standard InChI is InChI=1S/C20H31N7O2S/c1-3-24-10-12-25(13-11-24)9-6-21-17(28)16-14-22-19-27(18(16)29)23-20(30-19)26-7-4-15(2)5-8-26/h14-15H,3-13H2,1-2H3,(H,21,28). The monoisotopic (exact) mass is 433 g/mol. The maximum Gasteiger partial charge on any atom is 0.288 e. The highest BCUT2D eigenvalue weighted by molar-refractivity contribution is 7.20. The zero-order chi connectivity index (χ0) is 21.1. The first-order chi connectivity index (χ1) is 14.5. The summed E-state index contributed by atoms with van der Waals surface area (Å²) in [6.45, 7) is 12.9. The molecule has 0 aliphatic carbocycles. The smallest absolute Gasteiger partial charge is 0.288 e. The van der Waals surface area contributed by atoms with Gasteiger partial charge in [-0.15, -0.1) is 5.10 Å². The number of carbonyl (C=O) groups is 1. The Labute approximate surface area is 180 Å². The minimum absolute atomic E-state index is 0.0485. The van der Waals surface area contributed by atoms with Crippen LogP contribution in [0, 0.1) is 5.92 Å². The summed E-state index contributed by atoms with van der Waals surface area (Å²) in [6.07, 6.45) is 3.63. The highest BCUT2D eigenvalue weighted by atomic mass is 32.1. The van der Waals surface area contributed by atoms with Crippen LogP contribution in [0.25, 0.3) is 4.96 Å². The maximum atomic E-state index is 12.8. The number of piperidine rings is 1. The van der Waals surface area contributed by atoms with Crippen molar-refractivity contribution in [1.82, 2.24) is 29.7 Å². The lowest BCUT2D eigenvalue weighted by Crippen LogP contribution is -2.48. The molecule has 0 saturated carbocycles. The van der Waals surface area contributed by atoms with Crippen LogP contribution in [-0.4, -0.2) is 89.2 Å². The van der Waals surface area contributed by atoms with Gasteiger partial charge in [0.2, 0.25) is 10.1 Å². The molecule has 30 heavy (non-hydrogen) atoms. The van der Waals surface area contributed by atoms with Gasteiger partial charge in [0, 0.05) is 58.6 Å². The van der Waals surface area contributed by atoms with E-state index in [0.29, 0.717) is 11.5 Å². The van der Waals surface area contributed by atoms with Gasteiger partial charge in [-0.2, -0.15) is 4.52 Å². The van der Waals surface area contributed by atoms with Gasteiger partial charge < -0.3 is 15.1 Å². The second-order valence-electron chi connectivity index (χ2n) is 8.26. The van der Waals surface area contributed by atoms with Crippen molar-refractivity contribution < 1.29 is 4.79 Å². The normalized spacial score (nSPS) is 19.5. The fourth-order valence-electron chi connectivity index (χ4n) is 4.01. The molecule has 2 aromatic heterocycles. The number of nitrogens with one attached hydrogen (secondary N) is 1. The number of likely N-dealkylation sites (N-methyl/N-ethyl adjacent to an activating group) is 1. The predicted octanol–water partition coefficient (Wildman–Crippen LogP) is 0.755. The first-order valence-corrected chi connectivity index (χ1v) is 11.7. The molecule has 9 nitrogen and oxygen atoms in total. The first kappa shape index (κ1) is 21.2. The van der Waals surface area contributed by atoms with Crippen LogP contribution in [0.2, 0.25) is 0 Å². The number of aromatic nitrogens is 3. The third-order valence-corrected chi connectivity index (χ3v) is 7.18. The minimum Gasteiger partial charge on any atom is -0.351 e. The van der Waals surface area contributed by atoms with Gasteiger partial charge in [0.05, 0.1) is 0 Å². The van der Waals surface area contributed by atoms with Crippen molar-refractivity contribution in [3.8, 4) is 0 Å². The molecule has 0 spiro atoms. The number of carbonyl (C=O) groups excluding carboxylic acids is 1. The zero-order valence-electron chi connectivity index (χ0n) is 17.8. The summed E-state index contributed by atoms with van der Waals surface area (Å²) in [7, 11) is 0. The lowest BCUT2D eigenvalue weighted by atomic mass is 10.00. The number of piperazine rings is 1. The van der Waals surface area contributed by atoms with Gasteiger partial charge in [0.15, 0.2) is 0 Å². The minimum atomic E-state index is -0.401. The molecule has 164 valence electrons. The summed E-state index contributed by atoms with van der Waals surface area (Å²) >= 11 is 1.40. The van der Waals surface area contributed by atoms with Crippen LogP contribution < -0.4 is 15.8 Å². The van der Waals surface area contributed by atoms with Gasteiger partial charge in [-0.05, 0) is 25.3 Å². The second-order valence-corrected chi connectivity index (χ2v) is 9.19. The van der Waals surface area contributed by atoms with E-state index >= 15 is 0 Å². The van der Waals surface area contributed by atoms with Crippen LogP contribution in [0.4, 0.5) is 5.13 Å². The summed E-state index contributed by atoms with van der Waals surface area (Å²) in [4.78, 5) is 37.2. The molecule has 2 aliphatic rings. The van der Waals surface area contributed by atoms with Crippen LogP contribution in [0.15, 0.2) is 11.0 Å². The van der Waals surface area contributed by atoms with E-state index in [9.17, 15) is 9.59 Å². The van der Waals surface area contributed by atoms with Gasteiger partial charge in [-0.3, -0.25) is 14.5 Å².